The summed E-state index contributed by atoms with van der Waals surface area (Å²) >= 11 is 0. The second-order valence-electron chi connectivity index (χ2n) is 2.90. The van der Waals surface area contributed by atoms with Crippen molar-refractivity contribution >= 4 is 12.1 Å². The molecule has 0 aromatic carbocycles. The largest absolute Gasteiger partial charge is 0.511 e. The van der Waals surface area contributed by atoms with E-state index in [2.05, 4.69) is 20.8 Å². The van der Waals surface area contributed by atoms with Crippen molar-refractivity contribution in [3.05, 3.63) is 12.7 Å². The van der Waals surface area contributed by atoms with E-state index in [1.54, 1.807) is 0 Å². The van der Waals surface area contributed by atoms with Gasteiger partial charge in [0.15, 0.2) is 6.61 Å². The number of carbonyl (C=O) groups excluding carboxylic acids is 2. The Kier molecular flexibility index (Phi) is 8.71. The summed E-state index contributed by atoms with van der Waals surface area (Å²) in [5.74, 6) is -0.645. The van der Waals surface area contributed by atoms with E-state index in [4.69, 9.17) is 10.2 Å². The molecule has 0 spiro atoms. The maximum Gasteiger partial charge on any atom is 0.511 e. The molecular formula is C10H16O7. The lowest BCUT2D eigenvalue weighted by Gasteiger charge is -2.04. The van der Waals surface area contributed by atoms with Crippen LogP contribution in [0.2, 0.25) is 0 Å². The van der Waals surface area contributed by atoms with Gasteiger partial charge in [0.1, 0.15) is 0 Å². The number of esters is 1. The molecule has 1 fully saturated rings. The second-order valence-corrected chi connectivity index (χ2v) is 2.90. The molecule has 17 heavy (non-hydrogen) atoms. The summed E-state index contributed by atoms with van der Waals surface area (Å²) in [6, 6.07) is 0. The molecule has 0 saturated carbocycles. The minimum Gasteiger partial charge on any atom is -0.426 e. The predicted molar refractivity (Wildman–Crippen MR) is 55.9 cm³/mol. The van der Waals surface area contributed by atoms with Gasteiger partial charge in [0, 0.05) is 19.3 Å². The third-order valence-corrected chi connectivity index (χ3v) is 1.55. The summed E-state index contributed by atoms with van der Waals surface area (Å²) in [5, 5.41) is 16.2. The highest BCUT2D eigenvalue weighted by molar-refractivity contribution is 5.81. The van der Waals surface area contributed by atoms with Gasteiger partial charge in [-0.2, -0.15) is 0 Å². The van der Waals surface area contributed by atoms with Gasteiger partial charge >= 0.3 is 12.1 Å². The Bertz CT molecular complexity index is 247. The number of aliphatic hydroxyl groups is 2. The van der Waals surface area contributed by atoms with Gasteiger partial charge in [-0.15, -0.1) is 0 Å². The minimum absolute atomic E-state index is 0.0571. The molecule has 0 aliphatic carbocycles. The first kappa shape index (κ1) is 15.4. The van der Waals surface area contributed by atoms with Gasteiger partial charge in [0.25, 0.3) is 6.29 Å². The molecule has 1 rings (SSSR count). The summed E-state index contributed by atoms with van der Waals surface area (Å²) < 4.78 is 13.2. The summed E-state index contributed by atoms with van der Waals surface area (Å²) in [4.78, 5) is 20.7. The Labute approximate surface area is 98.6 Å². The van der Waals surface area contributed by atoms with Crippen LogP contribution < -0.4 is 0 Å². The standard InChI is InChI=1S/C6H6O5.C4H10O2/c1-2-4(7)10-5-3-9-6(8)11-5;5-3-1-2-4-6/h2,5H,1,3H2;5-6H,1-4H2. The molecule has 1 unspecified atom stereocenters. The van der Waals surface area contributed by atoms with Gasteiger partial charge < -0.3 is 24.4 Å². The van der Waals surface area contributed by atoms with Crippen molar-refractivity contribution in [2.75, 3.05) is 19.8 Å². The van der Waals surface area contributed by atoms with E-state index in [9.17, 15) is 9.59 Å². The van der Waals surface area contributed by atoms with Gasteiger partial charge in [-0.1, -0.05) is 6.58 Å². The van der Waals surface area contributed by atoms with Crippen LogP contribution >= 0.6 is 0 Å². The maximum atomic E-state index is 10.5. The average Bonchev–Trinajstić information content (AvgIpc) is 2.72. The van der Waals surface area contributed by atoms with Gasteiger partial charge in [-0.25, -0.2) is 9.59 Å². The molecule has 1 heterocycles. The number of unbranched alkanes of at least 4 members (excludes halogenated alkanes) is 1. The first-order chi connectivity index (χ1) is 8.13. The molecule has 7 nitrogen and oxygen atoms in total. The van der Waals surface area contributed by atoms with E-state index < -0.39 is 18.4 Å². The molecule has 2 N–H and O–H groups in total. The summed E-state index contributed by atoms with van der Waals surface area (Å²) in [7, 11) is 0. The van der Waals surface area contributed by atoms with Gasteiger partial charge in [-0.3, -0.25) is 0 Å². The number of cyclic esters (lactones) is 2. The van der Waals surface area contributed by atoms with Crippen molar-refractivity contribution in [2.45, 2.75) is 19.1 Å². The number of carbonyl (C=O) groups is 2. The van der Waals surface area contributed by atoms with Crippen LogP contribution in [-0.2, 0) is 19.0 Å². The van der Waals surface area contributed by atoms with Crippen LogP contribution in [0.1, 0.15) is 12.8 Å². The van der Waals surface area contributed by atoms with Crippen LogP contribution in [0.3, 0.4) is 0 Å². The summed E-state index contributed by atoms with van der Waals surface area (Å²) in [6.07, 6.45) is 0.666. The van der Waals surface area contributed by atoms with Crippen LogP contribution in [0, 0.1) is 0 Å². The fourth-order valence-electron chi connectivity index (χ4n) is 0.771. The van der Waals surface area contributed by atoms with Gasteiger partial charge in [-0.05, 0) is 12.8 Å². The molecule has 98 valence electrons. The summed E-state index contributed by atoms with van der Waals surface area (Å²) in [6.45, 7) is 3.50. The first-order valence-corrected chi connectivity index (χ1v) is 5.02. The number of hydrogen-bond acceptors (Lipinski definition) is 7. The quantitative estimate of drug-likeness (QED) is 0.399. The molecule has 7 heteroatoms. The highest BCUT2D eigenvalue weighted by Gasteiger charge is 2.27. The molecule has 0 bridgehead atoms. The highest BCUT2D eigenvalue weighted by atomic mass is 16.8. The van der Waals surface area contributed by atoms with E-state index in [1.807, 2.05) is 0 Å². The molecule has 1 aliphatic rings. The lowest BCUT2D eigenvalue weighted by Crippen LogP contribution is -2.18. The minimum atomic E-state index is -0.923. The molecule has 0 amide bonds. The van der Waals surface area contributed by atoms with Gasteiger partial charge in [0.2, 0.25) is 0 Å². The van der Waals surface area contributed by atoms with Crippen molar-refractivity contribution < 1.29 is 34.0 Å². The van der Waals surface area contributed by atoms with Crippen LogP contribution in [0.15, 0.2) is 12.7 Å². The molecule has 1 atom stereocenters. The second kappa shape index (κ2) is 9.61. The van der Waals surface area contributed by atoms with E-state index in [1.165, 1.54) is 0 Å². The first-order valence-electron chi connectivity index (χ1n) is 5.02. The Morgan fingerprint density at radius 3 is 2.41 bits per heavy atom. The van der Waals surface area contributed by atoms with E-state index in [0.29, 0.717) is 0 Å². The van der Waals surface area contributed by atoms with Gasteiger partial charge in [0.05, 0.1) is 0 Å². The van der Waals surface area contributed by atoms with Crippen molar-refractivity contribution in [2.24, 2.45) is 0 Å². The number of hydrogen-bond donors (Lipinski definition) is 2. The Balaban J connectivity index is 0.000000366. The zero-order chi connectivity index (χ0) is 13.1. The smallest absolute Gasteiger partial charge is 0.426 e. The monoisotopic (exact) mass is 248 g/mol. The number of rotatable bonds is 5. The molecule has 0 aromatic heterocycles. The van der Waals surface area contributed by atoms with Crippen LogP contribution in [0.25, 0.3) is 0 Å². The number of aliphatic hydroxyl groups excluding tert-OH is 2. The third-order valence-electron chi connectivity index (χ3n) is 1.55. The van der Waals surface area contributed by atoms with E-state index in [0.717, 1.165) is 18.9 Å². The summed E-state index contributed by atoms with van der Waals surface area (Å²) in [5.41, 5.74) is 0. The zero-order valence-electron chi connectivity index (χ0n) is 9.33. The van der Waals surface area contributed by atoms with E-state index >= 15 is 0 Å². The van der Waals surface area contributed by atoms with Crippen molar-refractivity contribution in [3.63, 3.8) is 0 Å². The fourth-order valence-corrected chi connectivity index (χ4v) is 0.771. The Morgan fingerprint density at radius 2 is 2.06 bits per heavy atom. The van der Waals surface area contributed by atoms with Crippen molar-refractivity contribution in [1.29, 1.82) is 0 Å². The van der Waals surface area contributed by atoms with Crippen molar-refractivity contribution in [3.8, 4) is 0 Å². The lowest BCUT2D eigenvalue weighted by atomic mass is 10.3. The molecule has 0 aromatic rings. The molecule has 1 saturated heterocycles. The van der Waals surface area contributed by atoms with Crippen molar-refractivity contribution in [1.82, 2.24) is 0 Å². The highest BCUT2D eigenvalue weighted by Crippen LogP contribution is 2.07. The fraction of sp³-hybridized carbons (Fsp3) is 0.600. The Hall–Kier alpha value is -1.60. The Morgan fingerprint density at radius 1 is 1.47 bits per heavy atom. The molecular weight excluding hydrogens is 232 g/mol. The molecule has 1 aliphatic heterocycles. The average molecular weight is 248 g/mol. The topological polar surface area (TPSA) is 102 Å². The predicted octanol–water partition coefficient (Wildman–Crippen LogP) is -0.0403. The lowest BCUT2D eigenvalue weighted by molar-refractivity contribution is -0.156. The van der Waals surface area contributed by atoms with E-state index in [-0.39, 0.29) is 19.8 Å². The van der Waals surface area contributed by atoms with Crippen LogP contribution in [-0.4, -0.2) is 48.4 Å². The maximum absolute atomic E-state index is 10.5. The van der Waals surface area contributed by atoms with Crippen LogP contribution in [0.5, 0.6) is 0 Å². The molecule has 0 radical (unpaired) electrons. The zero-order valence-corrected chi connectivity index (χ0v) is 9.33. The normalized spacial score (nSPS) is 17.3. The number of ether oxygens (including phenoxy) is 3. The van der Waals surface area contributed by atoms with Crippen LogP contribution in [0.4, 0.5) is 4.79 Å². The third kappa shape index (κ3) is 8.23. The SMILES string of the molecule is C=CC(=O)OC1COC(=O)O1.OCCCCO.